The van der Waals surface area contributed by atoms with E-state index in [1.807, 2.05) is 18.2 Å². The molecule has 1 amide bonds. The van der Waals surface area contributed by atoms with Crippen molar-refractivity contribution < 1.29 is 14.7 Å². The zero-order valence-corrected chi connectivity index (χ0v) is 11.9. The predicted octanol–water partition coefficient (Wildman–Crippen LogP) is 3.24. The molecule has 2 aromatic carbocycles. The van der Waals surface area contributed by atoms with Crippen LogP contribution in [0.4, 0.5) is 5.69 Å². The Bertz CT molecular complexity index is 640. The summed E-state index contributed by atoms with van der Waals surface area (Å²) in [5.74, 6) is -1.38. The number of hydrogen-bond donors (Lipinski definition) is 2. The highest BCUT2D eigenvalue weighted by Gasteiger charge is 2.09. The lowest BCUT2D eigenvalue weighted by Crippen LogP contribution is -2.12. The molecule has 4 nitrogen and oxygen atoms in total. The van der Waals surface area contributed by atoms with Crippen LogP contribution in [0.1, 0.15) is 20.7 Å². The Morgan fingerprint density at radius 1 is 1.00 bits per heavy atom. The summed E-state index contributed by atoms with van der Waals surface area (Å²) in [5.41, 5.74) is 1.09. The van der Waals surface area contributed by atoms with Crippen molar-refractivity contribution in [2.75, 3.05) is 5.32 Å². The first-order valence-corrected chi connectivity index (χ1v) is 6.54. The van der Waals surface area contributed by atoms with E-state index in [-0.39, 0.29) is 11.5 Å². The number of carbonyl (C=O) groups is 2. The van der Waals surface area contributed by atoms with Crippen LogP contribution in [0, 0.1) is 3.57 Å². The minimum Gasteiger partial charge on any atom is -0.478 e. The van der Waals surface area contributed by atoms with Crippen LogP contribution in [0.25, 0.3) is 0 Å². The second-order valence-corrected chi connectivity index (χ2v) is 5.10. The van der Waals surface area contributed by atoms with Crippen LogP contribution in [0.3, 0.4) is 0 Å². The van der Waals surface area contributed by atoms with Crippen LogP contribution >= 0.6 is 22.6 Å². The van der Waals surface area contributed by atoms with Gasteiger partial charge < -0.3 is 10.4 Å². The Kier molecular flexibility index (Phi) is 4.16. The Hall–Kier alpha value is -1.89. The number of carboxylic acids is 1. The van der Waals surface area contributed by atoms with Gasteiger partial charge in [-0.25, -0.2) is 4.79 Å². The number of halogens is 1. The van der Waals surface area contributed by atoms with Gasteiger partial charge in [0.2, 0.25) is 0 Å². The smallest absolute Gasteiger partial charge is 0.335 e. The molecule has 0 heterocycles. The summed E-state index contributed by atoms with van der Waals surface area (Å²) >= 11 is 2.15. The van der Waals surface area contributed by atoms with Crippen molar-refractivity contribution in [2.24, 2.45) is 0 Å². The summed E-state index contributed by atoms with van der Waals surface area (Å²) in [7, 11) is 0. The van der Waals surface area contributed by atoms with Gasteiger partial charge in [-0.3, -0.25) is 4.79 Å². The Balaban J connectivity index is 2.20. The van der Waals surface area contributed by atoms with Crippen molar-refractivity contribution in [3.8, 4) is 0 Å². The van der Waals surface area contributed by atoms with Gasteiger partial charge in [0, 0.05) is 14.8 Å². The maximum atomic E-state index is 12.0. The Morgan fingerprint density at radius 3 is 2.37 bits per heavy atom. The lowest BCUT2D eigenvalue weighted by Gasteiger charge is -2.06. The molecule has 96 valence electrons. The molecule has 2 rings (SSSR count). The molecule has 5 heteroatoms. The van der Waals surface area contributed by atoms with Gasteiger partial charge in [0.1, 0.15) is 0 Å². The Morgan fingerprint density at radius 2 is 1.68 bits per heavy atom. The number of aromatic carboxylic acids is 1. The molecule has 0 unspecified atom stereocenters. The maximum absolute atomic E-state index is 12.0. The van der Waals surface area contributed by atoms with E-state index in [0.29, 0.717) is 11.3 Å². The highest BCUT2D eigenvalue weighted by molar-refractivity contribution is 14.1. The van der Waals surface area contributed by atoms with Crippen molar-refractivity contribution in [1.82, 2.24) is 0 Å². The van der Waals surface area contributed by atoms with E-state index in [1.165, 1.54) is 12.1 Å². The van der Waals surface area contributed by atoms with Crippen molar-refractivity contribution >= 4 is 40.2 Å². The molecule has 0 aromatic heterocycles. The van der Waals surface area contributed by atoms with Gasteiger partial charge in [-0.2, -0.15) is 0 Å². The fourth-order valence-corrected chi connectivity index (χ4v) is 2.11. The average Bonchev–Trinajstić information content (AvgIpc) is 2.39. The number of benzene rings is 2. The van der Waals surface area contributed by atoms with E-state index >= 15 is 0 Å². The average molecular weight is 367 g/mol. The van der Waals surface area contributed by atoms with Crippen LogP contribution in [0.15, 0.2) is 48.5 Å². The molecule has 0 spiro atoms. The van der Waals surface area contributed by atoms with E-state index in [0.717, 1.165) is 3.57 Å². The van der Waals surface area contributed by atoms with Gasteiger partial charge in [-0.05, 0) is 59.0 Å². The molecule has 2 aromatic rings. The van der Waals surface area contributed by atoms with E-state index in [2.05, 4.69) is 27.9 Å². The van der Waals surface area contributed by atoms with Crippen molar-refractivity contribution in [2.45, 2.75) is 0 Å². The summed E-state index contributed by atoms with van der Waals surface area (Å²) in [5, 5.41) is 11.6. The monoisotopic (exact) mass is 367 g/mol. The molecule has 0 bridgehead atoms. The molecule has 0 aliphatic heterocycles. The SMILES string of the molecule is O=C(O)c1cccc(C(=O)Nc2cccc(I)c2)c1. The number of hydrogen-bond acceptors (Lipinski definition) is 2. The van der Waals surface area contributed by atoms with Crippen molar-refractivity contribution in [3.05, 3.63) is 63.2 Å². The molecule has 19 heavy (non-hydrogen) atoms. The molecular formula is C14H10INO3. The number of anilines is 1. The number of carboxylic acid groups (broad SMARTS) is 1. The summed E-state index contributed by atoms with van der Waals surface area (Å²) in [4.78, 5) is 22.8. The number of carbonyl (C=O) groups excluding carboxylic acids is 1. The first kappa shape index (κ1) is 13.5. The third kappa shape index (κ3) is 3.54. The van der Waals surface area contributed by atoms with Gasteiger partial charge in [0.05, 0.1) is 5.56 Å². The lowest BCUT2D eigenvalue weighted by molar-refractivity contribution is 0.0697. The van der Waals surface area contributed by atoms with Crippen LogP contribution in [-0.4, -0.2) is 17.0 Å². The fraction of sp³-hybridized carbons (Fsp3) is 0. The fourth-order valence-electron chi connectivity index (χ4n) is 1.56. The molecule has 0 aliphatic rings. The molecule has 0 radical (unpaired) electrons. The van der Waals surface area contributed by atoms with Gasteiger partial charge >= 0.3 is 5.97 Å². The number of rotatable bonds is 3. The molecule has 0 saturated heterocycles. The molecule has 2 N–H and O–H groups in total. The summed E-state index contributed by atoms with van der Waals surface area (Å²) < 4.78 is 1.01. The third-order valence-corrected chi connectivity index (χ3v) is 3.13. The quantitative estimate of drug-likeness (QED) is 0.819. The molecular weight excluding hydrogens is 357 g/mol. The van der Waals surface area contributed by atoms with Gasteiger partial charge in [0.25, 0.3) is 5.91 Å². The first-order valence-electron chi connectivity index (χ1n) is 5.46. The summed E-state index contributed by atoms with van der Waals surface area (Å²) in [6, 6.07) is 13.3. The van der Waals surface area contributed by atoms with Crippen LogP contribution in [0.2, 0.25) is 0 Å². The van der Waals surface area contributed by atoms with Gasteiger partial charge in [-0.1, -0.05) is 12.1 Å². The zero-order chi connectivity index (χ0) is 13.8. The summed E-state index contributed by atoms with van der Waals surface area (Å²) in [6.45, 7) is 0. The minimum atomic E-state index is -1.05. The van der Waals surface area contributed by atoms with E-state index in [4.69, 9.17) is 5.11 Å². The van der Waals surface area contributed by atoms with Crippen LogP contribution < -0.4 is 5.32 Å². The number of nitrogens with one attached hydrogen (secondary N) is 1. The largest absolute Gasteiger partial charge is 0.478 e. The van der Waals surface area contributed by atoms with Crippen LogP contribution in [-0.2, 0) is 0 Å². The topological polar surface area (TPSA) is 66.4 Å². The van der Waals surface area contributed by atoms with Crippen LogP contribution in [0.5, 0.6) is 0 Å². The Labute approximate surface area is 123 Å². The van der Waals surface area contributed by atoms with E-state index in [9.17, 15) is 9.59 Å². The second kappa shape index (κ2) is 5.83. The standard InChI is InChI=1S/C14H10INO3/c15-11-5-2-6-12(8-11)16-13(17)9-3-1-4-10(7-9)14(18)19/h1-8H,(H,16,17)(H,18,19). The van der Waals surface area contributed by atoms with Crippen molar-refractivity contribution in [3.63, 3.8) is 0 Å². The molecule has 0 aliphatic carbocycles. The normalized spacial score (nSPS) is 9.95. The van der Waals surface area contributed by atoms with Crippen molar-refractivity contribution in [1.29, 1.82) is 0 Å². The van der Waals surface area contributed by atoms with Gasteiger partial charge in [0.15, 0.2) is 0 Å². The first-order chi connectivity index (χ1) is 9.06. The van der Waals surface area contributed by atoms with E-state index in [1.54, 1.807) is 18.2 Å². The second-order valence-electron chi connectivity index (χ2n) is 3.85. The highest BCUT2D eigenvalue weighted by Crippen LogP contribution is 2.14. The summed E-state index contributed by atoms with van der Waals surface area (Å²) in [6.07, 6.45) is 0. The number of amides is 1. The molecule has 0 saturated carbocycles. The van der Waals surface area contributed by atoms with E-state index < -0.39 is 5.97 Å². The van der Waals surface area contributed by atoms with Gasteiger partial charge in [-0.15, -0.1) is 0 Å². The zero-order valence-electron chi connectivity index (χ0n) is 9.76. The highest BCUT2D eigenvalue weighted by atomic mass is 127. The predicted molar refractivity (Wildman–Crippen MR) is 80.5 cm³/mol. The molecule has 0 atom stereocenters. The third-order valence-electron chi connectivity index (χ3n) is 2.45. The minimum absolute atomic E-state index is 0.0929. The maximum Gasteiger partial charge on any atom is 0.335 e. The molecule has 0 fully saturated rings. The lowest BCUT2D eigenvalue weighted by atomic mass is 10.1.